The Hall–Kier alpha value is -0.0800. The molecule has 0 rings (SSSR count). The Morgan fingerprint density at radius 1 is 1.17 bits per heavy atom. The second-order valence-corrected chi connectivity index (χ2v) is 3.90. The minimum Gasteiger partial charge on any atom is -0.382 e. The number of hydrogen-bond donors (Lipinski definition) is 1. The van der Waals surface area contributed by atoms with E-state index in [4.69, 9.17) is 4.74 Å². The van der Waals surface area contributed by atoms with Crippen LogP contribution in [-0.4, -0.2) is 26.3 Å². The van der Waals surface area contributed by atoms with E-state index in [0.717, 1.165) is 12.3 Å². The van der Waals surface area contributed by atoms with Crippen LogP contribution in [0, 0.1) is 5.92 Å². The van der Waals surface area contributed by atoms with E-state index in [0.29, 0.717) is 12.1 Å². The number of rotatable bonds is 6. The molecule has 0 aromatic carbocycles. The van der Waals surface area contributed by atoms with Gasteiger partial charge in [0, 0.05) is 13.2 Å². The molecule has 0 aromatic rings. The highest BCUT2D eigenvalue weighted by molar-refractivity contribution is 4.69. The van der Waals surface area contributed by atoms with Crippen LogP contribution in [0.5, 0.6) is 0 Å². The van der Waals surface area contributed by atoms with Crippen LogP contribution in [0.3, 0.4) is 0 Å². The second-order valence-electron chi connectivity index (χ2n) is 3.90. The zero-order valence-electron chi connectivity index (χ0n) is 9.05. The van der Waals surface area contributed by atoms with Gasteiger partial charge in [-0.2, -0.15) is 0 Å². The molecule has 0 spiro atoms. The van der Waals surface area contributed by atoms with Crippen LogP contribution in [0.25, 0.3) is 0 Å². The van der Waals surface area contributed by atoms with Crippen molar-refractivity contribution in [2.45, 2.75) is 45.8 Å². The van der Waals surface area contributed by atoms with Gasteiger partial charge in [-0.25, -0.2) is 0 Å². The van der Waals surface area contributed by atoms with Crippen LogP contribution in [-0.2, 0) is 4.74 Å². The first-order valence-electron chi connectivity index (χ1n) is 4.80. The number of hydrogen-bond acceptors (Lipinski definition) is 2. The summed E-state index contributed by atoms with van der Waals surface area (Å²) in [6.07, 6.45) is 2.69. The van der Waals surface area contributed by atoms with E-state index in [9.17, 15) is 0 Å². The summed E-state index contributed by atoms with van der Waals surface area (Å²) in [6, 6.07) is 0.597. The van der Waals surface area contributed by atoms with Crippen molar-refractivity contribution in [1.82, 2.24) is 5.32 Å². The Morgan fingerprint density at radius 2 is 1.75 bits per heavy atom. The Morgan fingerprint density at radius 3 is 2.08 bits per heavy atom. The maximum absolute atomic E-state index is 5.22. The smallest absolute Gasteiger partial charge is 0.0558 e. The molecule has 1 N–H and O–H groups in total. The summed E-state index contributed by atoms with van der Waals surface area (Å²) in [7, 11) is 3.79. The molecule has 0 amide bonds. The first-order chi connectivity index (χ1) is 5.60. The van der Waals surface area contributed by atoms with Crippen molar-refractivity contribution < 1.29 is 4.74 Å². The summed E-state index contributed by atoms with van der Waals surface area (Å²) in [4.78, 5) is 0. The predicted octanol–water partition coefficient (Wildman–Crippen LogP) is 2.05. The average molecular weight is 173 g/mol. The lowest BCUT2D eigenvalue weighted by molar-refractivity contribution is 0.0987. The van der Waals surface area contributed by atoms with Crippen LogP contribution in [0.15, 0.2) is 0 Å². The summed E-state index contributed by atoms with van der Waals surface area (Å²) < 4.78 is 5.22. The first-order valence-corrected chi connectivity index (χ1v) is 4.80. The maximum Gasteiger partial charge on any atom is 0.0558 e. The van der Waals surface area contributed by atoms with Crippen LogP contribution in [0.1, 0.15) is 33.6 Å². The van der Waals surface area contributed by atoms with Gasteiger partial charge in [-0.1, -0.05) is 13.8 Å². The van der Waals surface area contributed by atoms with Gasteiger partial charge in [-0.15, -0.1) is 0 Å². The molecule has 0 aliphatic heterocycles. The SMILES string of the molecule is CNC(CC(C)C)CC(C)OC. The van der Waals surface area contributed by atoms with E-state index < -0.39 is 0 Å². The summed E-state index contributed by atoms with van der Waals surface area (Å²) in [5.41, 5.74) is 0. The highest BCUT2D eigenvalue weighted by Crippen LogP contribution is 2.10. The van der Waals surface area contributed by atoms with E-state index in [1.54, 1.807) is 7.11 Å². The summed E-state index contributed by atoms with van der Waals surface area (Å²) in [5.74, 6) is 0.756. The van der Waals surface area contributed by atoms with Crippen molar-refractivity contribution in [2.75, 3.05) is 14.2 Å². The van der Waals surface area contributed by atoms with E-state index in [1.165, 1.54) is 6.42 Å². The van der Waals surface area contributed by atoms with Crippen LogP contribution < -0.4 is 5.32 Å². The van der Waals surface area contributed by atoms with Gasteiger partial charge in [0.15, 0.2) is 0 Å². The molecule has 12 heavy (non-hydrogen) atoms. The number of ether oxygens (including phenoxy) is 1. The van der Waals surface area contributed by atoms with E-state index in [-0.39, 0.29) is 0 Å². The minimum absolute atomic E-state index is 0.362. The third-order valence-corrected chi connectivity index (χ3v) is 2.18. The number of methoxy groups -OCH3 is 1. The van der Waals surface area contributed by atoms with Gasteiger partial charge >= 0.3 is 0 Å². The van der Waals surface area contributed by atoms with Gasteiger partial charge in [0.1, 0.15) is 0 Å². The fraction of sp³-hybridized carbons (Fsp3) is 1.00. The predicted molar refractivity (Wildman–Crippen MR) is 53.4 cm³/mol. The van der Waals surface area contributed by atoms with Gasteiger partial charge in [-0.05, 0) is 32.7 Å². The molecular formula is C10H23NO. The van der Waals surface area contributed by atoms with Crippen LogP contribution in [0.2, 0.25) is 0 Å². The molecule has 0 fully saturated rings. The molecule has 0 heterocycles. The van der Waals surface area contributed by atoms with Gasteiger partial charge < -0.3 is 10.1 Å². The zero-order chi connectivity index (χ0) is 9.56. The lowest BCUT2D eigenvalue weighted by Gasteiger charge is -2.21. The third-order valence-electron chi connectivity index (χ3n) is 2.18. The first kappa shape index (κ1) is 11.9. The van der Waals surface area contributed by atoms with Crippen LogP contribution in [0.4, 0.5) is 0 Å². The van der Waals surface area contributed by atoms with Crippen LogP contribution >= 0.6 is 0 Å². The molecule has 0 saturated carbocycles. The highest BCUT2D eigenvalue weighted by atomic mass is 16.5. The van der Waals surface area contributed by atoms with Crippen molar-refractivity contribution in [1.29, 1.82) is 0 Å². The summed E-state index contributed by atoms with van der Waals surface area (Å²) >= 11 is 0. The molecule has 74 valence electrons. The molecule has 0 aliphatic rings. The Bertz CT molecular complexity index is 104. The minimum atomic E-state index is 0.362. The average Bonchev–Trinajstić information content (AvgIpc) is 2.02. The fourth-order valence-corrected chi connectivity index (χ4v) is 1.40. The lowest BCUT2D eigenvalue weighted by atomic mass is 9.99. The topological polar surface area (TPSA) is 21.3 Å². The standard InChI is InChI=1S/C10H23NO/c1-8(2)6-10(11-4)7-9(3)12-5/h8-11H,6-7H2,1-5H3. The maximum atomic E-state index is 5.22. The Kier molecular flexibility index (Phi) is 6.39. The van der Waals surface area contributed by atoms with Gasteiger partial charge in [0.2, 0.25) is 0 Å². The lowest BCUT2D eigenvalue weighted by Crippen LogP contribution is -2.30. The Balaban J connectivity index is 3.66. The van der Waals surface area contributed by atoms with Crippen molar-refractivity contribution >= 4 is 0 Å². The summed E-state index contributed by atoms with van der Waals surface area (Å²) in [6.45, 7) is 6.62. The van der Waals surface area contributed by atoms with Gasteiger partial charge in [-0.3, -0.25) is 0 Å². The molecule has 0 bridgehead atoms. The molecule has 2 atom stereocenters. The van der Waals surface area contributed by atoms with E-state index in [2.05, 4.69) is 26.1 Å². The molecule has 0 saturated heterocycles. The highest BCUT2D eigenvalue weighted by Gasteiger charge is 2.11. The molecule has 0 aliphatic carbocycles. The molecule has 0 aromatic heterocycles. The quantitative estimate of drug-likeness (QED) is 0.663. The molecule has 2 nitrogen and oxygen atoms in total. The number of nitrogens with one attached hydrogen (secondary N) is 1. The van der Waals surface area contributed by atoms with Crippen molar-refractivity contribution in [3.05, 3.63) is 0 Å². The second kappa shape index (κ2) is 6.44. The van der Waals surface area contributed by atoms with E-state index >= 15 is 0 Å². The normalized spacial score (nSPS) is 16.5. The Labute approximate surface area is 76.7 Å². The third kappa shape index (κ3) is 5.56. The molecule has 2 heteroatoms. The van der Waals surface area contributed by atoms with Crippen molar-refractivity contribution in [3.63, 3.8) is 0 Å². The molecule has 0 radical (unpaired) electrons. The van der Waals surface area contributed by atoms with Gasteiger partial charge in [0.25, 0.3) is 0 Å². The van der Waals surface area contributed by atoms with Crippen molar-refractivity contribution in [2.24, 2.45) is 5.92 Å². The van der Waals surface area contributed by atoms with E-state index in [1.807, 2.05) is 7.05 Å². The zero-order valence-corrected chi connectivity index (χ0v) is 9.05. The van der Waals surface area contributed by atoms with Crippen molar-refractivity contribution in [3.8, 4) is 0 Å². The fourth-order valence-electron chi connectivity index (χ4n) is 1.40. The molecule has 2 unspecified atom stereocenters. The molecular weight excluding hydrogens is 150 g/mol. The largest absolute Gasteiger partial charge is 0.382 e. The monoisotopic (exact) mass is 173 g/mol. The summed E-state index contributed by atoms with van der Waals surface area (Å²) in [5, 5.41) is 3.32. The van der Waals surface area contributed by atoms with Gasteiger partial charge in [0.05, 0.1) is 6.10 Å².